The van der Waals surface area contributed by atoms with E-state index in [4.69, 9.17) is 9.47 Å². The topological polar surface area (TPSA) is 30.5 Å². The van der Waals surface area contributed by atoms with Gasteiger partial charge in [-0.3, -0.25) is 0 Å². The third-order valence-corrected chi connectivity index (χ3v) is 3.36. The van der Waals surface area contributed by atoms with Crippen LogP contribution in [0.3, 0.4) is 0 Å². The number of aryl methyl sites for hydroxylation is 1. The van der Waals surface area contributed by atoms with Crippen LogP contribution in [0.2, 0.25) is 0 Å². The summed E-state index contributed by atoms with van der Waals surface area (Å²) in [6.45, 7) is 4.14. The fourth-order valence-corrected chi connectivity index (χ4v) is 2.10. The Labute approximate surface area is 120 Å². The monoisotopic (exact) mass is 271 g/mol. The zero-order chi connectivity index (χ0) is 14.5. The Hall–Kier alpha value is -2.00. The predicted molar refractivity (Wildman–Crippen MR) is 81.7 cm³/mol. The molecule has 2 rings (SSSR count). The van der Waals surface area contributed by atoms with Crippen molar-refractivity contribution in [3.63, 3.8) is 0 Å². The van der Waals surface area contributed by atoms with E-state index in [2.05, 4.69) is 19.2 Å². The van der Waals surface area contributed by atoms with Crippen molar-refractivity contribution >= 4 is 0 Å². The van der Waals surface area contributed by atoms with Crippen LogP contribution in [-0.4, -0.2) is 14.2 Å². The molecule has 3 heteroatoms. The van der Waals surface area contributed by atoms with E-state index < -0.39 is 0 Å². The number of benzene rings is 2. The van der Waals surface area contributed by atoms with E-state index in [1.807, 2.05) is 49.5 Å². The second kappa shape index (κ2) is 6.44. The molecule has 0 spiro atoms. The Morgan fingerprint density at radius 1 is 1.00 bits per heavy atom. The SMILES string of the molecule is CNC(C)c1c(OC)cccc1Oc1ccc(C)cc1. The summed E-state index contributed by atoms with van der Waals surface area (Å²) in [7, 11) is 3.60. The van der Waals surface area contributed by atoms with Gasteiger partial charge in [0.2, 0.25) is 0 Å². The summed E-state index contributed by atoms with van der Waals surface area (Å²) in [5.74, 6) is 2.47. The summed E-state index contributed by atoms with van der Waals surface area (Å²) >= 11 is 0. The molecule has 2 aromatic carbocycles. The van der Waals surface area contributed by atoms with Crippen LogP contribution < -0.4 is 14.8 Å². The quantitative estimate of drug-likeness (QED) is 0.889. The Kier molecular flexibility index (Phi) is 4.64. The molecule has 20 heavy (non-hydrogen) atoms. The highest BCUT2D eigenvalue weighted by Crippen LogP contribution is 2.36. The number of rotatable bonds is 5. The van der Waals surface area contributed by atoms with Gasteiger partial charge in [-0.2, -0.15) is 0 Å². The second-order valence-electron chi connectivity index (χ2n) is 4.80. The molecule has 1 unspecified atom stereocenters. The molecule has 0 saturated heterocycles. The van der Waals surface area contributed by atoms with Crippen molar-refractivity contribution in [3.8, 4) is 17.2 Å². The van der Waals surface area contributed by atoms with E-state index in [1.54, 1.807) is 7.11 Å². The first kappa shape index (κ1) is 14.4. The largest absolute Gasteiger partial charge is 0.496 e. The molecule has 0 bridgehead atoms. The number of methoxy groups -OCH3 is 1. The highest BCUT2D eigenvalue weighted by Gasteiger charge is 2.16. The van der Waals surface area contributed by atoms with Crippen molar-refractivity contribution in [3.05, 3.63) is 53.6 Å². The van der Waals surface area contributed by atoms with E-state index >= 15 is 0 Å². The predicted octanol–water partition coefficient (Wildman–Crippen LogP) is 4.08. The maximum Gasteiger partial charge on any atom is 0.135 e. The van der Waals surface area contributed by atoms with E-state index in [0.717, 1.165) is 22.8 Å². The molecular formula is C17H21NO2. The first-order valence-corrected chi connectivity index (χ1v) is 6.74. The van der Waals surface area contributed by atoms with Gasteiger partial charge in [0.1, 0.15) is 17.2 Å². The molecule has 0 radical (unpaired) electrons. The smallest absolute Gasteiger partial charge is 0.135 e. The van der Waals surface area contributed by atoms with Gasteiger partial charge in [-0.15, -0.1) is 0 Å². The molecular weight excluding hydrogens is 250 g/mol. The third kappa shape index (κ3) is 3.11. The van der Waals surface area contributed by atoms with Crippen molar-refractivity contribution in [2.75, 3.05) is 14.2 Å². The molecule has 0 fully saturated rings. The molecule has 0 aliphatic heterocycles. The molecule has 0 amide bonds. The van der Waals surface area contributed by atoms with E-state index in [-0.39, 0.29) is 6.04 Å². The standard InChI is InChI=1S/C17H21NO2/c1-12-8-10-14(11-9-12)20-16-7-5-6-15(19-4)17(16)13(2)18-3/h5-11,13,18H,1-4H3. The fraction of sp³-hybridized carbons (Fsp3) is 0.294. The first-order valence-electron chi connectivity index (χ1n) is 6.74. The minimum Gasteiger partial charge on any atom is -0.496 e. The van der Waals surface area contributed by atoms with Gasteiger partial charge in [0.25, 0.3) is 0 Å². The zero-order valence-electron chi connectivity index (χ0n) is 12.4. The van der Waals surface area contributed by atoms with Gasteiger partial charge in [0.15, 0.2) is 0 Å². The minimum absolute atomic E-state index is 0.145. The summed E-state index contributed by atoms with van der Waals surface area (Å²) in [5.41, 5.74) is 2.24. The van der Waals surface area contributed by atoms with Crippen LogP contribution in [0.25, 0.3) is 0 Å². The van der Waals surface area contributed by atoms with Gasteiger partial charge in [0, 0.05) is 6.04 Å². The van der Waals surface area contributed by atoms with Gasteiger partial charge in [-0.25, -0.2) is 0 Å². The summed E-state index contributed by atoms with van der Waals surface area (Å²) < 4.78 is 11.5. The average molecular weight is 271 g/mol. The molecule has 1 N–H and O–H groups in total. The highest BCUT2D eigenvalue weighted by molar-refractivity contribution is 5.48. The lowest BCUT2D eigenvalue weighted by atomic mass is 10.1. The highest BCUT2D eigenvalue weighted by atomic mass is 16.5. The lowest BCUT2D eigenvalue weighted by molar-refractivity contribution is 0.393. The van der Waals surface area contributed by atoms with E-state index in [1.165, 1.54) is 5.56 Å². The summed E-state index contributed by atoms with van der Waals surface area (Å²) in [5, 5.41) is 3.23. The van der Waals surface area contributed by atoms with Gasteiger partial charge in [0.05, 0.1) is 12.7 Å². The minimum atomic E-state index is 0.145. The number of ether oxygens (including phenoxy) is 2. The van der Waals surface area contributed by atoms with Crippen LogP contribution in [0.4, 0.5) is 0 Å². The van der Waals surface area contributed by atoms with Crippen LogP contribution in [0, 0.1) is 6.92 Å². The molecule has 0 aliphatic rings. The molecule has 0 aromatic heterocycles. The van der Waals surface area contributed by atoms with Crippen LogP contribution >= 0.6 is 0 Å². The first-order chi connectivity index (χ1) is 9.65. The maximum absolute atomic E-state index is 6.01. The van der Waals surface area contributed by atoms with Crippen LogP contribution in [0.5, 0.6) is 17.2 Å². The fourth-order valence-electron chi connectivity index (χ4n) is 2.10. The van der Waals surface area contributed by atoms with Crippen molar-refractivity contribution in [1.29, 1.82) is 0 Å². The molecule has 1 atom stereocenters. The third-order valence-electron chi connectivity index (χ3n) is 3.36. The van der Waals surface area contributed by atoms with Crippen LogP contribution in [0.15, 0.2) is 42.5 Å². The molecule has 0 heterocycles. The van der Waals surface area contributed by atoms with Gasteiger partial charge in [-0.1, -0.05) is 23.8 Å². The normalized spacial score (nSPS) is 12.0. The number of hydrogen-bond acceptors (Lipinski definition) is 3. The van der Waals surface area contributed by atoms with E-state index in [0.29, 0.717) is 0 Å². The molecule has 0 aliphatic carbocycles. The van der Waals surface area contributed by atoms with Gasteiger partial charge < -0.3 is 14.8 Å². The van der Waals surface area contributed by atoms with Crippen molar-refractivity contribution in [1.82, 2.24) is 5.32 Å². The number of hydrogen-bond donors (Lipinski definition) is 1. The van der Waals surface area contributed by atoms with Gasteiger partial charge in [-0.05, 0) is 45.2 Å². The van der Waals surface area contributed by atoms with E-state index in [9.17, 15) is 0 Å². The Bertz CT molecular complexity index is 564. The lowest BCUT2D eigenvalue weighted by Gasteiger charge is -2.19. The molecule has 2 aromatic rings. The van der Waals surface area contributed by atoms with Crippen LogP contribution in [-0.2, 0) is 0 Å². The Balaban J connectivity index is 2.37. The van der Waals surface area contributed by atoms with Crippen molar-refractivity contribution < 1.29 is 9.47 Å². The zero-order valence-corrected chi connectivity index (χ0v) is 12.4. The summed E-state index contributed by atoms with van der Waals surface area (Å²) in [4.78, 5) is 0. The molecule has 106 valence electrons. The number of nitrogens with one attached hydrogen (secondary N) is 1. The lowest BCUT2D eigenvalue weighted by Crippen LogP contribution is -2.14. The van der Waals surface area contributed by atoms with Crippen molar-refractivity contribution in [2.24, 2.45) is 0 Å². The van der Waals surface area contributed by atoms with Gasteiger partial charge >= 0.3 is 0 Å². The molecule has 0 saturated carbocycles. The summed E-state index contributed by atoms with van der Waals surface area (Å²) in [6.07, 6.45) is 0. The van der Waals surface area contributed by atoms with Crippen LogP contribution in [0.1, 0.15) is 24.1 Å². The molecule has 3 nitrogen and oxygen atoms in total. The average Bonchev–Trinajstić information content (AvgIpc) is 2.48. The Morgan fingerprint density at radius 3 is 2.25 bits per heavy atom. The Morgan fingerprint density at radius 2 is 1.65 bits per heavy atom. The maximum atomic E-state index is 6.01. The van der Waals surface area contributed by atoms with Crippen molar-refractivity contribution in [2.45, 2.75) is 19.9 Å². The second-order valence-corrected chi connectivity index (χ2v) is 4.80. The summed E-state index contributed by atoms with van der Waals surface area (Å²) in [6, 6.07) is 14.0.